The zero-order valence-electron chi connectivity index (χ0n) is 15.1. The second kappa shape index (κ2) is 8.82. The lowest BCUT2D eigenvalue weighted by Gasteiger charge is -2.30. The number of benzene rings is 2. The molecule has 132 valence electrons. The van der Waals surface area contributed by atoms with Crippen molar-refractivity contribution < 1.29 is 9.69 Å². The van der Waals surface area contributed by atoms with E-state index in [0.717, 1.165) is 19.4 Å². The van der Waals surface area contributed by atoms with E-state index in [1.54, 1.807) is 0 Å². The minimum absolute atomic E-state index is 0.161. The minimum atomic E-state index is 0.161. The summed E-state index contributed by atoms with van der Waals surface area (Å²) >= 11 is 0. The first-order valence-corrected chi connectivity index (χ1v) is 9.45. The van der Waals surface area contributed by atoms with Crippen LogP contribution in [0.5, 0.6) is 0 Å². The highest BCUT2D eigenvalue weighted by molar-refractivity contribution is 5.76. The van der Waals surface area contributed by atoms with Crippen LogP contribution in [0.2, 0.25) is 0 Å². The number of hydrogen-bond donors (Lipinski definition) is 2. The summed E-state index contributed by atoms with van der Waals surface area (Å²) in [6.07, 6.45) is 5.56. The molecule has 1 aliphatic rings. The van der Waals surface area contributed by atoms with Gasteiger partial charge in [0.05, 0.1) is 7.05 Å². The molecule has 0 radical (unpaired) electrons. The number of aryl methyl sites for hydroxylation is 2. The van der Waals surface area contributed by atoms with Gasteiger partial charge in [-0.25, -0.2) is 0 Å². The average Bonchev–Trinajstić information content (AvgIpc) is 2.65. The molecule has 0 saturated heterocycles. The molecular formula is C22H29N2O+. The molecule has 0 heterocycles. The molecule has 25 heavy (non-hydrogen) atoms. The fourth-order valence-corrected chi connectivity index (χ4v) is 3.87. The predicted molar refractivity (Wildman–Crippen MR) is 102 cm³/mol. The maximum atomic E-state index is 12.3. The maximum Gasteiger partial charge on any atom is 0.275 e. The second-order valence-corrected chi connectivity index (χ2v) is 7.11. The maximum absolute atomic E-state index is 12.3. The Morgan fingerprint density at radius 1 is 1.12 bits per heavy atom. The zero-order chi connectivity index (χ0) is 17.5. The summed E-state index contributed by atoms with van der Waals surface area (Å²) < 4.78 is 0. The van der Waals surface area contributed by atoms with Crippen molar-refractivity contribution in [2.24, 2.45) is 0 Å². The van der Waals surface area contributed by atoms with Crippen LogP contribution in [0.15, 0.2) is 54.6 Å². The van der Waals surface area contributed by atoms with Gasteiger partial charge < -0.3 is 10.2 Å². The van der Waals surface area contributed by atoms with Crippen LogP contribution < -0.4 is 10.2 Å². The van der Waals surface area contributed by atoms with Crippen molar-refractivity contribution in [3.8, 4) is 0 Å². The van der Waals surface area contributed by atoms with Gasteiger partial charge in [-0.1, -0.05) is 54.6 Å². The molecule has 2 N–H and O–H groups in total. The van der Waals surface area contributed by atoms with Gasteiger partial charge in [0, 0.05) is 18.5 Å². The summed E-state index contributed by atoms with van der Waals surface area (Å²) in [4.78, 5) is 13.6. The molecule has 2 atom stereocenters. The van der Waals surface area contributed by atoms with E-state index in [1.165, 1.54) is 40.9 Å². The highest BCUT2D eigenvalue weighted by Crippen LogP contribution is 2.27. The van der Waals surface area contributed by atoms with Crippen molar-refractivity contribution in [2.75, 3.05) is 20.1 Å². The molecule has 0 saturated carbocycles. The van der Waals surface area contributed by atoms with E-state index in [9.17, 15) is 4.79 Å². The quantitative estimate of drug-likeness (QED) is 0.747. The summed E-state index contributed by atoms with van der Waals surface area (Å²) in [5.41, 5.74) is 4.22. The molecule has 0 aliphatic heterocycles. The molecule has 1 aliphatic carbocycles. The number of fused-ring (bicyclic) bond motifs is 1. The van der Waals surface area contributed by atoms with Crippen molar-refractivity contribution in [3.05, 3.63) is 71.3 Å². The number of carbonyl (C=O) groups is 1. The molecule has 3 heteroatoms. The van der Waals surface area contributed by atoms with E-state index in [-0.39, 0.29) is 5.91 Å². The smallest absolute Gasteiger partial charge is 0.275 e. The zero-order valence-corrected chi connectivity index (χ0v) is 15.1. The lowest BCUT2D eigenvalue weighted by molar-refractivity contribution is -0.905. The SMILES string of the molecule is C[NH+](CC(=O)NCCCc1ccccc1)[C@@H]1CCCc2ccccc21. The molecule has 1 unspecified atom stereocenters. The topological polar surface area (TPSA) is 33.5 Å². The summed E-state index contributed by atoms with van der Waals surface area (Å²) in [6.45, 7) is 1.30. The number of hydrogen-bond acceptors (Lipinski definition) is 1. The fraction of sp³-hybridized carbons (Fsp3) is 0.409. The average molecular weight is 337 g/mol. The highest BCUT2D eigenvalue weighted by Gasteiger charge is 2.27. The van der Waals surface area contributed by atoms with Crippen LogP contribution >= 0.6 is 0 Å². The Balaban J connectivity index is 1.44. The van der Waals surface area contributed by atoms with Crippen LogP contribution in [0.4, 0.5) is 0 Å². The van der Waals surface area contributed by atoms with Crippen molar-refractivity contribution in [1.82, 2.24) is 5.32 Å². The Morgan fingerprint density at radius 3 is 2.72 bits per heavy atom. The van der Waals surface area contributed by atoms with Gasteiger partial charge in [0.15, 0.2) is 6.54 Å². The number of carbonyl (C=O) groups excluding carboxylic acids is 1. The summed E-state index contributed by atoms with van der Waals surface area (Å²) in [5.74, 6) is 0.161. The van der Waals surface area contributed by atoms with E-state index >= 15 is 0 Å². The molecule has 2 aromatic rings. The van der Waals surface area contributed by atoms with Crippen LogP contribution in [0.25, 0.3) is 0 Å². The number of nitrogens with one attached hydrogen (secondary N) is 2. The van der Waals surface area contributed by atoms with Crippen molar-refractivity contribution in [3.63, 3.8) is 0 Å². The van der Waals surface area contributed by atoms with Gasteiger partial charge in [-0.05, 0) is 36.8 Å². The Bertz CT molecular complexity index is 683. The van der Waals surface area contributed by atoms with Crippen molar-refractivity contribution >= 4 is 5.91 Å². The summed E-state index contributed by atoms with van der Waals surface area (Å²) in [5, 5.41) is 3.09. The van der Waals surface area contributed by atoms with E-state index in [0.29, 0.717) is 12.6 Å². The third kappa shape index (κ3) is 4.93. The number of quaternary nitrogens is 1. The first-order valence-electron chi connectivity index (χ1n) is 9.45. The molecule has 1 amide bonds. The Morgan fingerprint density at radius 2 is 1.88 bits per heavy atom. The van der Waals surface area contributed by atoms with Crippen LogP contribution in [-0.2, 0) is 17.6 Å². The second-order valence-electron chi connectivity index (χ2n) is 7.11. The molecule has 3 rings (SSSR count). The minimum Gasteiger partial charge on any atom is -0.351 e. The first kappa shape index (κ1) is 17.7. The lowest BCUT2D eigenvalue weighted by atomic mass is 9.87. The van der Waals surface area contributed by atoms with Crippen LogP contribution in [-0.4, -0.2) is 26.0 Å². The van der Waals surface area contributed by atoms with Gasteiger partial charge in [-0.15, -0.1) is 0 Å². The van der Waals surface area contributed by atoms with E-state index < -0.39 is 0 Å². The van der Waals surface area contributed by atoms with Gasteiger partial charge in [-0.2, -0.15) is 0 Å². The Hall–Kier alpha value is -2.13. The third-order valence-corrected chi connectivity index (χ3v) is 5.21. The molecule has 0 fully saturated rings. The first-order chi connectivity index (χ1) is 12.2. The largest absolute Gasteiger partial charge is 0.351 e. The standard InChI is InChI=1S/C22H28N2O/c1-24(21-15-7-13-19-12-5-6-14-20(19)21)17-22(25)23-16-8-11-18-9-3-2-4-10-18/h2-6,9-10,12,14,21H,7-8,11,13,15-17H2,1H3,(H,23,25)/p+1/t21-/m1/s1. The fourth-order valence-electron chi connectivity index (χ4n) is 3.87. The van der Waals surface area contributed by atoms with Crippen LogP contribution in [0, 0.1) is 0 Å². The van der Waals surface area contributed by atoms with Gasteiger partial charge >= 0.3 is 0 Å². The monoisotopic (exact) mass is 337 g/mol. The summed E-state index contributed by atoms with van der Waals surface area (Å²) in [7, 11) is 2.15. The molecule has 0 spiro atoms. The van der Waals surface area contributed by atoms with Crippen LogP contribution in [0.1, 0.15) is 42.0 Å². The Kier molecular flexibility index (Phi) is 6.24. The molecule has 0 bridgehead atoms. The number of rotatable bonds is 7. The number of amides is 1. The van der Waals surface area contributed by atoms with E-state index in [4.69, 9.17) is 0 Å². The molecule has 2 aromatic carbocycles. The van der Waals surface area contributed by atoms with Gasteiger partial charge in [0.25, 0.3) is 5.91 Å². The third-order valence-electron chi connectivity index (χ3n) is 5.21. The normalized spacial score (nSPS) is 17.6. The predicted octanol–water partition coefficient (Wildman–Crippen LogP) is 2.33. The van der Waals surface area contributed by atoms with E-state index in [2.05, 4.69) is 60.9 Å². The molecular weight excluding hydrogens is 308 g/mol. The van der Waals surface area contributed by atoms with Crippen molar-refractivity contribution in [2.45, 2.75) is 38.1 Å². The summed E-state index contributed by atoms with van der Waals surface area (Å²) in [6, 6.07) is 19.6. The lowest BCUT2D eigenvalue weighted by Crippen LogP contribution is -3.10. The Labute approximate surface area is 151 Å². The molecule has 0 aromatic heterocycles. The van der Waals surface area contributed by atoms with Gasteiger partial charge in [-0.3, -0.25) is 4.79 Å². The molecule has 3 nitrogen and oxygen atoms in total. The van der Waals surface area contributed by atoms with Gasteiger partial charge in [0.2, 0.25) is 0 Å². The highest BCUT2D eigenvalue weighted by atomic mass is 16.2. The van der Waals surface area contributed by atoms with E-state index in [1.807, 2.05) is 6.07 Å². The van der Waals surface area contributed by atoms with Crippen LogP contribution in [0.3, 0.4) is 0 Å². The van der Waals surface area contributed by atoms with Gasteiger partial charge in [0.1, 0.15) is 6.04 Å². The van der Waals surface area contributed by atoms with Crippen molar-refractivity contribution in [1.29, 1.82) is 0 Å². The number of likely N-dealkylation sites (N-methyl/N-ethyl adjacent to an activating group) is 1.